The maximum atomic E-state index is 13.6. The van der Waals surface area contributed by atoms with E-state index in [4.69, 9.17) is 4.52 Å². The third-order valence-corrected chi connectivity index (χ3v) is 3.75. The van der Waals surface area contributed by atoms with Crippen LogP contribution in [0, 0.1) is 5.82 Å². The first-order valence-corrected chi connectivity index (χ1v) is 7.96. The molecule has 2 aromatic rings. The Balaban J connectivity index is 1.49. The lowest BCUT2D eigenvalue weighted by molar-refractivity contribution is 0.0959. The molecule has 0 spiro atoms. The van der Waals surface area contributed by atoms with Gasteiger partial charge in [0.05, 0.1) is 5.56 Å². The van der Waals surface area contributed by atoms with E-state index in [0.29, 0.717) is 30.5 Å². The first kappa shape index (κ1) is 16.9. The van der Waals surface area contributed by atoms with E-state index >= 15 is 0 Å². The Morgan fingerprint density at radius 1 is 1.36 bits per heavy atom. The molecule has 8 nitrogen and oxygen atoms in total. The van der Waals surface area contributed by atoms with Gasteiger partial charge in [0.1, 0.15) is 5.82 Å². The molecule has 0 saturated heterocycles. The lowest BCUT2D eigenvalue weighted by Gasteiger charge is -2.08. The maximum Gasteiger partial charge on any atom is 0.319 e. The monoisotopic (exact) mass is 347 g/mol. The molecule has 3 N–H and O–H groups in total. The van der Waals surface area contributed by atoms with Crippen molar-refractivity contribution in [2.45, 2.75) is 25.2 Å². The molecule has 1 aromatic carbocycles. The Morgan fingerprint density at radius 3 is 2.88 bits per heavy atom. The smallest absolute Gasteiger partial charge is 0.319 e. The van der Waals surface area contributed by atoms with Crippen LogP contribution in [-0.2, 0) is 6.42 Å². The number of hydrogen-bond acceptors (Lipinski definition) is 5. The minimum Gasteiger partial charge on any atom is -0.355 e. The Morgan fingerprint density at radius 2 is 2.16 bits per heavy atom. The fourth-order valence-electron chi connectivity index (χ4n) is 2.25. The van der Waals surface area contributed by atoms with Crippen LogP contribution in [-0.4, -0.2) is 35.7 Å². The number of aromatic nitrogens is 2. The largest absolute Gasteiger partial charge is 0.355 e. The zero-order chi connectivity index (χ0) is 17.8. The Hall–Kier alpha value is -2.97. The number of rotatable bonds is 6. The van der Waals surface area contributed by atoms with Crippen molar-refractivity contribution in [3.8, 4) is 0 Å². The minimum absolute atomic E-state index is 0.140. The SMILES string of the molecule is CNC(=O)c1cc(NC(=O)NCCc2nc(C3CC3)no2)ccc1F. The van der Waals surface area contributed by atoms with Crippen LogP contribution in [0.3, 0.4) is 0 Å². The Labute approximate surface area is 143 Å². The molecule has 0 unspecified atom stereocenters. The second-order valence-corrected chi connectivity index (χ2v) is 5.73. The van der Waals surface area contributed by atoms with E-state index in [1.54, 1.807) is 0 Å². The van der Waals surface area contributed by atoms with Crippen molar-refractivity contribution in [2.24, 2.45) is 0 Å². The van der Waals surface area contributed by atoms with Crippen LogP contribution in [0.2, 0.25) is 0 Å². The van der Waals surface area contributed by atoms with E-state index in [0.717, 1.165) is 24.7 Å². The number of nitrogens with zero attached hydrogens (tertiary/aromatic N) is 2. The van der Waals surface area contributed by atoms with Crippen molar-refractivity contribution >= 4 is 17.6 Å². The molecule has 1 aliphatic rings. The van der Waals surface area contributed by atoms with E-state index in [2.05, 4.69) is 26.1 Å². The molecular weight excluding hydrogens is 329 g/mol. The number of hydrogen-bond donors (Lipinski definition) is 3. The normalized spacial score (nSPS) is 13.4. The second-order valence-electron chi connectivity index (χ2n) is 5.73. The third kappa shape index (κ3) is 4.31. The molecule has 1 saturated carbocycles. The van der Waals surface area contributed by atoms with Crippen LogP contribution >= 0.6 is 0 Å². The average molecular weight is 347 g/mol. The molecule has 1 aromatic heterocycles. The highest BCUT2D eigenvalue weighted by Crippen LogP contribution is 2.38. The number of benzene rings is 1. The summed E-state index contributed by atoms with van der Waals surface area (Å²) in [6.07, 6.45) is 2.60. The van der Waals surface area contributed by atoms with Crippen LogP contribution in [0.1, 0.15) is 40.8 Å². The van der Waals surface area contributed by atoms with Crippen molar-refractivity contribution in [2.75, 3.05) is 18.9 Å². The number of amides is 3. The van der Waals surface area contributed by atoms with Gasteiger partial charge in [0.25, 0.3) is 5.91 Å². The van der Waals surface area contributed by atoms with Gasteiger partial charge >= 0.3 is 6.03 Å². The van der Waals surface area contributed by atoms with E-state index in [1.807, 2.05) is 0 Å². The van der Waals surface area contributed by atoms with Gasteiger partial charge < -0.3 is 20.5 Å². The average Bonchev–Trinajstić information content (AvgIpc) is 3.35. The van der Waals surface area contributed by atoms with Gasteiger partial charge in [0.15, 0.2) is 5.82 Å². The molecule has 0 atom stereocenters. The van der Waals surface area contributed by atoms with Crippen LogP contribution in [0.25, 0.3) is 0 Å². The number of anilines is 1. The number of carbonyl (C=O) groups excluding carboxylic acids is 2. The summed E-state index contributed by atoms with van der Waals surface area (Å²) in [4.78, 5) is 27.7. The molecule has 3 rings (SSSR count). The summed E-state index contributed by atoms with van der Waals surface area (Å²) >= 11 is 0. The summed E-state index contributed by atoms with van der Waals surface area (Å²) in [5.74, 6) is 0.401. The summed E-state index contributed by atoms with van der Waals surface area (Å²) in [6.45, 7) is 0.307. The fraction of sp³-hybridized carbons (Fsp3) is 0.375. The number of urea groups is 1. The number of nitrogens with one attached hydrogen (secondary N) is 3. The van der Waals surface area contributed by atoms with Crippen molar-refractivity contribution in [3.05, 3.63) is 41.3 Å². The minimum atomic E-state index is -0.659. The molecule has 25 heavy (non-hydrogen) atoms. The van der Waals surface area contributed by atoms with Crippen LogP contribution in [0.5, 0.6) is 0 Å². The highest BCUT2D eigenvalue weighted by atomic mass is 19.1. The van der Waals surface area contributed by atoms with E-state index in [1.165, 1.54) is 19.2 Å². The van der Waals surface area contributed by atoms with Gasteiger partial charge in [-0.25, -0.2) is 9.18 Å². The molecular formula is C16H18FN5O3. The highest BCUT2D eigenvalue weighted by Gasteiger charge is 2.28. The van der Waals surface area contributed by atoms with Gasteiger partial charge in [-0.05, 0) is 31.0 Å². The van der Waals surface area contributed by atoms with Gasteiger partial charge in [-0.3, -0.25) is 4.79 Å². The Bertz CT molecular complexity index is 788. The first-order chi connectivity index (χ1) is 12.1. The zero-order valence-electron chi connectivity index (χ0n) is 13.6. The lowest BCUT2D eigenvalue weighted by atomic mass is 10.1. The summed E-state index contributed by atoms with van der Waals surface area (Å²) in [5.41, 5.74) is 0.171. The van der Waals surface area contributed by atoms with E-state index < -0.39 is 17.8 Å². The topological polar surface area (TPSA) is 109 Å². The molecule has 1 aliphatic carbocycles. The summed E-state index contributed by atoms with van der Waals surface area (Å²) in [7, 11) is 1.40. The van der Waals surface area contributed by atoms with Crippen molar-refractivity contribution in [3.63, 3.8) is 0 Å². The maximum absolute atomic E-state index is 13.6. The molecule has 132 valence electrons. The molecule has 0 radical (unpaired) electrons. The Kier molecular flexibility index (Phi) is 4.92. The van der Waals surface area contributed by atoms with E-state index in [9.17, 15) is 14.0 Å². The molecule has 1 heterocycles. The lowest BCUT2D eigenvalue weighted by Crippen LogP contribution is -2.30. The van der Waals surface area contributed by atoms with E-state index in [-0.39, 0.29) is 5.56 Å². The molecule has 0 bridgehead atoms. The van der Waals surface area contributed by atoms with Gasteiger partial charge in [-0.1, -0.05) is 5.16 Å². The standard InChI is InChI=1S/C16H18FN5O3/c1-18-15(23)11-8-10(4-5-12(11)17)20-16(24)19-7-6-13-21-14(22-25-13)9-2-3-9/h4-5,8-9H,2-3,6-7H2,1H3,(H,18,23)(H2,19,20,24). The van der Waals surface area contributed by atoms with Crippen molar-refractivity contribution in [1.82, 2.24) is 20.8 Å². The van der Waals surface area contributed by atoms with Gasteiger partial charge in [0.2, 0.25) is 5.89 Å². The molecule has 1 fully saturated rings. The van der Waals surface area contributed by atoms with Crippen LogP contribution in [0.15, 0.2) is 22.7 Å². The molecule has 0 aliphatic heterocycles. The predicted molar refractivity (Wildman–Crippen MR) is 86.8 cm³/mol. The molecule has 3 amide bonds. The molecule has 9 heteroatoms. The van der Waals surface area contributed by atoms with Crippen molar-refractivity contribution in [1.29, 1.82) is 0 Å². The van der Waals surface area contributed by atoms with Gasteiger partial charge in [0, 0.05) is 31.6 Å². The number of carbonyl (C=O) groups is 2. The zero-order valence-corrected chi connectivity index (χ0v) is 13.6. The highest BCUT2D eigenvalue weighted by molar-refractivity contribution is 5.96. The summed E-state index contributed by atoms with van der Waals surface area (Å²) in [5, 5.41) is 11.4. The van der Waals surface area contributed by atoms with Crippen molar-refractivity contribution < 1.29 is 18.5 Å². The van der Waals surface area contributed by atoms with Gasteiger partial charge in [-0.2, -0.15) is 4.98 Å². The predicted octanol–water partition coefficient (Wildman–Crippen LogP) is 1.81. The van der Waals surface area contributed by atoms with Gasteiger partial charge in [-0.15, -0.1) is 0 Å². The van der Waals surface area contributed by atoms with Crippen LogP contribution < -0.4 is 16.0 Å². The third-order valence-electron chi connectivity index (χ3n) is 3.75. The second kappa shape index (κ2) is 7.29. The van der Waals surface area contributed by atoms with Crippen LogP contribution in [0.4, 0.5) is 14.9 Å². The number of halogens is 1. The quantitative estimate of drug-likeness (QED) is 0.738. The first-order valence-electron chi connectivity index (χ1n) is 7.96. The summed E-state index contributed by atoms with van der Waals surface area (Å²) in [6, 6.07) is 3.30. The fourth-order valence-corrected chi connectivity index (χ4v) is 2.25. The summed E-state index contributed by atoms with van der Waals surface area (Å²) < 4.78 is 18.7.